The van der Waals surface area contributed by atoms with Crippen LogP contribution in [0.15, 0.2) is 0 Å². The number of rotatable bonds is 3. The van der Waals surface area contributed by atoms with Gasteiger partial charge in [0.2, 0.25) is 0 Å². The third-order valence-electron chi connectivity index (χ3n) is 5.12. The van der Waals surface area contributed by atoms with Gasteiger partial charge in [-0.2, -0.15) is 0 Å². The molecule has 1 aliphatic carbocycles. The number of amides is 1. The summed E-state index contributed by atoms with van der Waals surface area (Å²) in [5.41, 5.74) is -0.430. The zero-order valence-electron chi connectivity index (χ0n) is 15.3. The van der Waals surface area contributed by atoms with E-state index in [9.17, 15) is 4.79 Å². The number of carbonyl (C=O) groups is 1. The lowest BCUT2D eigenvalue weighted by molar-refractivity contribution is -0.186. The Bertz CT molecular complexity index is 443. The average Bonchev–Trinajstić information content (AvgIpc) is 3.13. The summed E-state index contributed by atoms with van der Waals surface area (Å²) >= 11 is 0. The van der Waals surface area contributed by atoms with Gasteiger partial charge in [0.15, 0.2) is 5.79 Å². The van der Waals surface area contributed by atoms with E-state index in [1.165, 1.54) is 12.8 Å². The van der Waals surface area contributed by atoms with Crippen LogP contribution >= 0.6 is 0 Å². The van der Waals surface area contributed by atoms with Crippen molar-refractivity contribution >= 4 is 6.09 Å². The SMILES string of the molecule is CC(C)(C)OC(=O)N1CCC(NCC2CCCC3(C2)OCCO3)C1. The first-order chi connectivity index (χ1) is 11.4. The molecule has 0 aromatic heterocycles. The smallest absolute Gasteiger partial charge is 0.410 e. The van der Waals surface area contributed by atoms with Gasteiger partial charge < -0.3 is 24.4 Å². The highest BCUT2D eigenvalue weighted by atomic mass is 16.7. The van der Waals surface area contributed by atoms with Crippen molar-refractivity contribution in [3.8, 4) is 0 Å². The second-order valence-corrected chi connectivity index (χ2v) is 8.39. The van der Waals surface area contributed by atoms with Crippen LogP contribution in [-0.4, -0.2) is 61.3 Å². The molecule has 0 radical (unpaired) electrons. The predicted molar refractivity (Wildman–Crippen MR) is 90.8 cm³/mol. The van der Waals surface area contributed by atoms with Crippen LogP contribution in [0.4, 0.5) is 4.79 Å². The van der Waals surface area contributed by atoms with E-state index in [1.54, 1.807) is 0 Å². The monoisotopic (exact) mass is 340 g/mol. The fourth-order valence-electron chi connectivity index (χ4n) is 3.99. The van der Waals surface area contributed by atoms with Crippen LogP contribution in [-0.2, 0) is 14.2 Å². The van der Waals surface area contributed by atoms with E-state index in [0.29, 0.717) is 12.0 Å². The minimum atomic E-state index is -0.430. The number of hydrogen-bond donors (Lipinski definition) is 1. The van der Waals surface area contributed by atoms with Crippen molar-refractivity contribution in [3.63, 3.8) is 0 Å². The first-order valence-corrected chi connectivity index (χ1v) is 9.34. The van der Waals surface area contributed by atoms with Gasteiger partial charge in [0.05, 0.1) is 13.2 Å². The minimum Gasteiger partial charge on any atom is -0.444 e. The second-order valence-electron chi connectivity index (χ2n) is 8.39. The Morgan fingerprint density at radius 1 is 1.29 bits per heavy atom. The van der Waals surface area contributed by atoms with Gasteiger partial charge in [-0.25, -0.2) is 4.79 Å². The first-order valence-electron chi connectivity index (χ1n) is 9.34. The summed E-state index contributed by atoms with van der Waals surface area (Å²) in [6, 6.07) is 0.362. The average molecular weight is 340 g/mol. The summed E-state index contributed by atoms with van der Waals surface area (Å²) in [4.78, 5) is 13.9. The highest BCUT2D eigenvalue weighted by Gasteiger charge is 2.41. The molecule has 1 N–H and O–H groups in total. The molecule has 1 amide bonds. The van der Waals surface area contributed by atoms with Gasteiger partial charge in [-0.15, -0.1) is 0 Å². The fraction of sp³-hybridized carbons (Fsp3) is 0.944. The Morgan fingerprint density at radius 3 is 2.75 bits per heavy atom. The van der Waals surface area contributed by atoms with E-state index < -0.39 is 5.60 Å². The van der Waals surface area contributed by atoms with Gasteiger partial charge in [0, 0.05) is 32.0 Å². The maximum absolute atomic E-state index is 12.1. The molecule has 0 aromatic rings. The van der Waals surface area contributed by atoms with E-state index in [-0.39, 0.29) is 11.9 Å². The zero-order chi connectivity index (χ0) is 17.2. The van der Waals surface area contributed by atoms with Gasteiger partial charge in [-0.1, -0.05) is 0 Å². The molecule has 1 saturated carbocycles. The van der Waals surface area contributed by atoms with Gasteiger partial charge in [-0.05, 0) is 52.5 Å². The zero-order valence-corrected chi connectivity index (χ0v) is 15.3. The Balaban J connectivity index is 1.40. The van der Waals surface area contributed by atoms with Crippen molar-refractivity contribution in [1.82, 2.24) is 10.2 Å². The van der Waals surface area contributed by atoms with E-state index in [2.05, 4.69) is 5.32 Å². The van der Waals surface area contributed by atoms with Crippen LogP contribution in [0.2, 0.25) is 0 Å². The molecule has 2 atom stereocenters. The highest BCUT2D eigenvalue weighted by molar-refractivity contribution is 5.68. The number of carbonyl (C=O) groups excluding carboxylic acids is 1. The van der Waals surface area contributed by atoms with Crippen LogP contribution in [0.1, 0.15) is 52.9 Å². The van der Waals surface area contributed by atoms with Crippen LogP contribution in [0, 0.1) is 5.92 Å². The predicted octanol–water partition coefficient (Wildman–Crippen LogP) is 2.52. The van der Waals surface area contributed by atoms with Crippen molar-refractivity contribution in [3.05, 3.63) is 0 Å². The van der Waals surface area contributed by atoms with Gasteiger partial charge >= 0.3 is 6.09 Å². The van der Waals surface area contributed by atoms with Gasteiger partial charge in [0.1, 0.15) is 5.60 Å². The molecule has 6 heteroatoms. The largest absolute Gasteiger partial charge is 0.444 e. The normalized spacial score (nSPS) is 30.0. The molecule has 3 aliphatic rings. The Kier molecular flexibility index (Phi) is 5.37. The third kappa shape index (κ3) is 4.61. The quantitative estimate of drug-likeness (QED) is 0.855. The molecule has 2 aliphatic heterocycles. The molecular formula is C18H32N2O4. The summed E-state index contributed by atoms with van der Waals surface area (Å²) < 4.78 is 17.2. The standard InChI is InChI=1S/C18H32N2O4/c1-17(2,3)24-16(21)20-8-6-15(13-20)19-12-14-5-4-7-18(11-14)22-9-10-23-18/h14-15,19H,4-13H2,1-3H3. The third-order valence-corrected chi connectivity index (χ3v) is 5.12. The van der Waals surface area contributed by atoms with Crippen LogP contribution in [0.25, 0.3) is 0 Å². The van der Waals surface area contributed by atoms with E-state index in [0.717, 1.165) is 52.1 Å². The minimum absolute atomic E-state index is 0.198. The molecule has 2 heterocycles. The van der Waals surface area contributed by atoms with Gasteiger partial charge in [-0.3, -0.25) is 0 Å². The molecule has 138 valence electrons. The molecule has 3 rings (SSSR count). The highest BCUT2D eigenvalue weighted by Crippen LogP contribution is 2.38. The summed E-state index contributed by atoms with van der Waals surface area (Å²) in [5, 5.41) is 3.64. The second kappa shape index (κ2) is 7.18. The maximum atomic E-state index is 12.1. The van der Waals surface area contributed by atoms with Crippen molar-refractivity contribution in [2.45, 2.75) is 70.3 Å². The summed E-state index contributed by atoms with van der Waals surface area (Å²) in [5.74, 6) is 0.287. The topological polar surface area (TPSA) is 60.0 Å². The number of nitrogens with one attached hydrogen (secondary N) is 1. The Hall–Kier alpha value is -0.850. The molecule has 6 nitrogen and oxygen atoms in total. The van der Waals surface area contributed by atoms with Crippen molar-refractivity contribution < 1.29 is 19.0 Å². The maximum Gasteiger partial charge on any atom is 0.410 e. The lowest BCUT2D eigenvalue weighted by atomic mass is 9.84. The summed E-state index contributed by atoms with van der Waals surface area (Å²) in [6.45, 7) is 9.66. The van der Waals surface area contributed by atoms with Gasteiger partial charge in [0.25, 0.3) is 0 Å². The summed E-state index contributed by atoms with van der Waals surface area (Å²) in [7, 11) is 0. The van der Waals surface area contributed by atoms with Crippen molar-refractivity contribution in [2.24, 2.45) is 5.92 Å². The number of nitrogens with zero attached hydrogens (tertiary/aromatic N) is 1. The molecule has 0 aromatic carbocycles. The molecule has 2 unspecified atom stereocenters. The van der Waals surface area contributed by atoms with Crippen LogP contribution < -0.4 is 5.32 Å². The van der Waals surface area contributed by atoms with Crippen LogP contribution in [0.5, 0.6) is 0 Å². The van der Waals surface area contributed by atoms with Crippen LogP contribution in [0.3, 0.4) is 0 Å². The Labute approximate surface area is 145 Å². The molecule has 0 bridgehead atoms. The molecule has 1 spiro atoms. The molecular weight excluding hydrogens is 308 g/mol. The Morgan fingerprint density at radius 2 is 2.04 bits per heavy atom. The molecule has 3 fully saturated rings. The summed E-state index contributed by atoms with van der Waals surface area (Å²) in [6.07, 6.45) is 5.20. The number of ether oxygens (including phenoxy) is 3. The number of hydrogen-bond acceptors (Lipinski definition) is 5. The molecule has 2 saturated heterocycles. The van der Waals surface area contributed by atoms with Crippen molar-refractivity contribution in [1.29, 1.82) is 0 Å². The lowest BCUT2D eigenvalue weighted by Gasteiger charge is -2.36. The molecule has 24 heavy (non-hydrogen) atoms. The van der Waals surface area contributed by atoms with Crippen molar-refractivity contribution in [2.75, 3.05) is 32.8 Å². The number of likely N-dealkylation sites (tertiary alicyclic amines) is 1. The van der Waals surface area contributed by atoms with E-state index >= 15 is 0 Å². The fourth-order valence-corrected chi connectivity index (χ4v) is 3.99. The lowest BCUT2D eigenvalue weighted by Crippen LogP contribution is -2.43. The van der Waals surface area contributed by atoms with E-state index in [4.69, 9.17) is 14.2 Å². The first kappa shape index (κ1) is 18.0. The van der Waals surface area contributed by atoms with E-state index in [1.807, 2.05) is 25.7 Å².